The molecule has 0 aromatic heterocycles. The number of ether oxygens (including phenoxy) is 1. The number of carbonyl (C=O) groups is 1. The van der Waals surface area contributed by atoms with Gasteiger partial charge in [0.25, 0.3) is 0 Å². The van der Waals surface area contributed by atoms with Gasteiger partial charge in [0, 0.05) is 11.1 Å². The Morgan fingerprint density at radius 1 is 1.25 bits per heavy atom. The van der Waals surface area contributed by atoms with Crippen molar-refractivity contribution in [2.75, 3.05) is 6.61 Å². The molecular weight excluding hydrogens is 307 g/mol. The lowest BCUT2D eigenvalue weighted by molar-refractivity contribution is 0.0521. The molecule has 0 bridgehead atoms. The maximum absolute atomic E-state index is 12.1. The number of phenolic OH excluding ortho intramolecular Hbond substituents is 1. The molecule has 2 aromatic carbocycles. The number of esters is 1. The minimum Gasteiger partial charge on any atom is -0.532 e. The fourth-order valence-corrected chi connectivity index (χ4v) is 2.88. The molecule has 1 heterocycles. The van der Waals surface area contributed by atoms with Gasteiger partial charge in [-0.15, -0.1) is 0 Å². The summed E-state index contributed by atoms with van der Waals surface area (Å²) in [6.45, 7) is 5.76. The Bertz CT molecular complexity index is 773. The van der Waals surface area contributed by atoms with Gasteiger partial charge in [-0.2, -0.15) is 0 Å². The first-order chi connectivity index (χ1) is 11.5. The van der Waals surface area contributed by atoms with Crippen LogP contribution in [-0.4, -0.2) is 24.8 Å². The lowest BCUT2D eigenvalue weighted by Crippen LogP contribution is -2.42. The molecule has 0 spiro atoms. The molecule has 0 amide bonds. The third-order valence-electron chi connectivity index (χ3n) is 4.19. The van der Waals surface area contributed by atoms with Crippen LogP contribution >= 0.6 is 0 Å². The summed E-state index contributed by atoms with van der Waals surface area (Å²) in [6, 6.07) is 9.59. The smallest absolute Gasteiger partial charge is 0.532 e. The van der Waals surface area contributed by atoms with E-state index in [0.29, 0.717) is 23.5 Å². The highest BCUT2D eigenvalue weighted by atomic mass is 16.6. The second-order valence-electron chi connectivity index (χ2n) is 5.67. The molecule has 0 aliphatic carbocycles. The molecule has 1 aliphatic rings. The summed E-state index contributed by atoms with van der Waals surface area (Å²) in [6.07, 6.45) is 0. The number of hydrogen-bond acceptors (Lipinski definition) is 5. The van der Waals surface area contributed by atoms with E-state index in [1.807, 2.05) is 30.3 Å². The second kappa shape index (κ2) is 6.57. The van der Waals surface area contributed by atoms with Gasteiger partial charge < -0.3 is 19.2 Å². The first-order valence-electron chi connectivity index (χ1n) is 7.89. The zero-order chi connectivity index (χ0) is 17.3. The molecule has 6 heteroatoms. The van der Waals surface area contributed by atoms with E-state index < -0.39 is 13.1 Å². The molecule has 3 rings (SSSR count). The van der Waals surface area contributed by atoms with Crippen molar-refractivity contribution >= 4 is 18.6 Å². The van der Waals surface area contributed by atoms with Crippen LogP contribution in [0.15, 0.2) is 30.3 Å². The Kier molecular flexibility index (Phi) is 4.49. The normalized spacial score (nSPS) is 13.2. The summed E-state index contributed by atoms with van der Waals surface area (Å²) in [7, 11) is -0.537. The molecule has 0 saturated carbocycles. The highest BCUT2D eigenvalue weighted by Crippen LogP contribution is 2.40. The van der Waals surface area contributed by atoms with Crippen molar-refractivity contribution in [1.82, 2.24) is 0 Å². The van der Waals surface area contributed by atoms with Gasteiger partial charge in [0.2, 0.25) is 0 Å². The Balaban J connectivity index is 2.03. The molecule has 124 valence electrons. The van der Waals surface area contributed by atoms with Gasteiger partial charge in [0.1, 0.15) is 17.1 Å². The van der Waals surface area contributed by atoms with Crippen LogP contribution in [0.25, 0.3) is 0 Å². The lowest BCUT2D eigenvalue weighted by atomic mass is 9.77. The highest BCUT2D eigenvalue weighted by molar-refractivity contribution is 6.62. The summed E-state index contributed by atoms with van der Waals surface area (Å²) in [4.78, 5) is 12.1. The van der Waals surface area contributed by atoms with E-state index in [0.717, 1.165) is 11.0 Å². The Labute approximate surface area is 141 Å². The lowest BCUT2D eigenvalue weighted by Gasteiger charge is -2.28. The molecule has 2 aromatic rings. The van der Waals surface area contributed by atoms with Crippen molar-refractivity contribution in [3.05, 3.63) is 52.6 Å². The molecule has 0 atom stereocenters. The van der Waals surface area contributed by atoms with Crippen molar-refractivity contribution in [2.45, 2.75) is 27.4 Å². The predicted molar refractivity (Wildman–Crippen MR) is 90.8 cm³/mol. The number of rotatable bonds is 3. The number of aromatic hydroxyl groups is 1. The van der Waals surface area contributed by atoms with Crippen molar-refractivity contribution in [2.24, 2.45) is 0 Å². The summed E-state index contributed by atoms with van der Waals surface area (Å²) in [5.41, 5.74) is 2.98. The average Bonchev–Trinajstić information content (AvgIpc) is 2.60. The van der Waals surface area contributed by atoms with Gasteiger partial charge in [-0.25, -0.2) is 4.79 Å². The van der Waals surface area contributed by atoms with Crippen LogP contribution in [0.1, 0.15) is 34.0 Å². The van der Waals surface area contributed by atoms with Crippen LogP contribution in [0.4, 0.5) is 0 Å². The molecule has 0 fully saturated rings. The summed E-state index contributed by atoms with van der Waals surface area (Å²) in [5.74, 6) is -0.0693. The van der Waals surface area contributed by atoms with E-state index >= 15 is 0 Å². The van der Waals surface area contributed by atoms with Gasteiger partial charge >= 0.3 is 13.1 Å². The maximum atomic E-state index is 12.1. The number of hydrogen-bond donors (Lipinski definition) is 1. The van der Waals surface area contributed by atoms with E-state index in [2.05, 4.69) is 0 Å². The van der Waals surface area contributed by atoms with E-state index in [4.69, 9.17) is 14.0 Å². The summed E-state index contributed by atoms with van der Waals surface area (Å²) in [5, 5.41) is 10.5. The molecule has 5 nitrogen and oxygen atoms in total. The fraction of sp³-hybridized carbons (Fsp3) is 0.278. The van der Waals surface area contributed by atoms with Gasteiger partial charge in [0.15, 0.2) is 0 Å². The van der Waals surface area contributed by atoms with E-state index in [-0.39, 0.29) is 17.9 Å². The largest absolute Gasteiger partial charge is 0.563 e. The first kappa shape index (κ1) is 16.4. The van der Waals surface area contributed by atoms with Crippen LogP contribution in [0, 0.1) is 13.8 Å². The topological polar surface area (TPSA) is 65.0 Å². The van der Waals surface area contributed by atoms with Crippen LogP contribution in [0.2, 0.25) is 0 Å². The average molecular weight is 326 g/mol. The number of carbonyl (C=O) groups excluding carboxylic acids is 1. The maximum Gasteiger partial charge on any atom is 0.563 e. The molecule has 1 aliphatic heterocycles. The zero-order valence-corrected chi connectivity index (χ0v) is 14.0. The minimum atomic E-state index is -0.538. The predicted octanol–water partition coefficient (Wildman–Crippen LogP) is 2.49. The fourth-order valence-electron chi connectivity index (χ4n) is 2.88. The van der Waals surface area contributed by atoms with Crippen LogP contribution in [0.5, 0.6) is 11.5 Å². The quantitative estimate of drug-likeness (QED) is 0.693. The third-order valence-corrected chi connectivity index (χ3v) is 4.19. The van der Waals surface area contributed by atoms with Crippen molar-refractivity contribution < 1.29 is 23.9 Å². The van der Waals surface area contributed by atoms with E-state index in [9.17, 15) is 9.90 Å². The molecular formula is C18H19BO5. The second-order valence-corrected chi connectivity index (χ2v) is 5.67. The highest BCUT2D eigenvalue weighted by Gasteiger charge is 2.34. The molecule has 24 heavy (non-hydrogen) atoms. The standard InChI is InChI=1S/C18H19BO5/c1-4-22-18(21)15-11(2)14-10-23-19(13-8-6-5-7-9-13)24-17(14)12(3)16(15)20/h5-9,20H,4,10H2,1-3H3. The molecule has 0 radical (unpaired) electrons. The zero-order valence-electron chi connectivity index (χ0n) is 14.0. The Morgan fingerprint density at radius 3 is 2.62 bits per heavy atom. The van der Waals surface area contributed by atoms with Crippen molar-refractivity contribution in [3.8, 4) is 11.5 Å². The van der Waals surface area contributed by atoms with Crippen molar-refractivity contribution in [3.63, 3.8) is 0 Å². The first-order valence-corrected chi connectivity index (χ1v) is 7.89. The molecule has 0 saturated heterocycles. The Morgan fingerprint density at radius 2 is 1.96 bits per heavy atom. The van der Waals surface area contributed by atoms with Crippen LogP contribution in [-0.2, 0) is 16.0 Å². The van der Waals surface area contributed by atoms with E-state index in [1.165, 1.54) is 0 Å². The minimum absolute atomic E-state index is 0.0987. The van der Waals surface area contributed by atoms with Crippen molar-refractivity contribution in [1.29, 1.82) is 0 Å². The van der Waals surface area contributed by atoms with Crippen LogP contribution in [0.3, 0.4) is 0 Å². The monoisotopic (exact) mass is 326 g/mol. The van der Waals surface area contributed by atoms with Gasteiger partial charge in [0.05, 0.1) is 13.2 Å². The summed E-state index contributed by atoms with van der Waals surface area (Å²) >= 11 is 0. The van der Waals surface area contributed by atoms with Crippen LogP contribution < -0.4 is 10.1 Å². The number of phenols is 1. The summed E-state index contributed by atoms with van der Waals surface area (Å²) < 4.78 is 16.8. The SMILES string of the molecule is CCOC(=O)c1c(C)c2c(c(C)c1O)OB(c1ccccc1)OC2. The van der Waals surface area contributed by atoms with Gasteiger partial charge in [-0.3, -0.25) is 0 Å². The van der Waals surface area contributed by atoms with E-state index in [1.54, 1.807) is 20.8 Å². The molecule has 0 unspecified atom stereocenters. The third kappa shape index (κ3) is 2.74. The molecule has 1 N–H and O–H groups in total. The Hall–Kier alpha value is -2.47. The van der Waals surface area contributed by atoms with Gasteiger partial charge in [-0.1, -0.05) is 30.3 Å². The number of benzene rings is 2. The van der Waals surface area contributed by atoms with Gasteiger partial charge in [-0.05, 0) is 31.8 Å². The number of fused-ring (bicyclic) bond motifs is 1.